The number of nitrogens with zero attached hydrogens (tertiary/aromatic N) is 1. The standard InChI is InChI=1S/C23H20N2O4S2/c1-28-18-7-5-14(10-19(18)29-2)11-21-23(27)25-17-12-15(6-8-20(17)31-21)22(26)24-13-16-4-3-9-30-16/h3-12,20H,13H2,1-2H3,(H,24,26)/b21-11+. The van der Waals surface area contributed by atoms with Crippen LogP contribution >= 0.6 is 23.1 Å². The van der Waals surface area contributed by atoms with Crippen LogP contribution in [0.2, 0.25) is 0 Å². The summed E-state index contributed by atoms with van der Waals surface area (Å²) in [6, 6.07) is 9.38. The number of benzene rings is 1. The van der Waals surface area contributed by atoms with Crippen LogP contribution in [0.5, 0.6) is 11.5 Å². The van der Waals surface area contributed by atoms with Gasteiger partial charge in [-0.15, -0.1) is 23.1 Å². The molecule has 0 fully saturated rings. The number of hydrogen-bond acceptors (Lipinski definition) is 6. The van der Waals surface area contributed by atoms with Crippen molar-refractivity contribution in [3.8, 4) is 11.5 Å². The van der Waals surface area contributed by atoms with E-state index in [0.29, 0.717) is 34.2 Å². The zero-order valence-electron chi connectivity index (χ0n) is 17.0. The highest BCUT2D eigenvalue weighted by atomic mass is 32.2. The van der Waals surface area contributed by atoms with Crippen LogP contribution in [0.15, 0.2) is 69.4 Å². The number of methoxy groups -OCH3 is 2. The highest BCUT2D eigenvalue weighted by Gasteiger charge is 2.28. The van der Waals surface area contributed by atoms with Gasteiger partial charge in [-0.25, -0.2) is 4.99 Å². The van der Waals surface area contributed by atoms with Crippen LogP contribution in [0.4, 0.5) is 0 Å². The molecule has 2 amide bonds. The van der Waals surface area contributed by atoms with Gasteiger partial charge in [0, 0.05) is 10.5 Å². The summed E-state index contributed by atoms with van der Waals surface area (Å²) in [6.07, 6.45) is 7.16. The van der Waals surface area contributed by atoms with Gasteiger partial charge in [0.2, 0.25) is 0 Å². The second kappa shape index (κ2) is 9.36. The van der Waals surface area contributed by atoms with Gasteiger partial charge in [-0.1, -0.05) is 24.3 Å². The van der Waals surface area contributed by atoms with Gasteiger partial charge in [0.15, 0.2) is 11.5 Å². The minimum absolute atomic E-state index is 0.113. The van der Waals surface area contributed by atoms with Gasteiger partial charge >= 0.3 is 0 Å². The Labute approximate surface area is 188 Å². The Hall–Kier alpha value is -3.10. The summed E-state index contributed by atoms with van der Waals surface area (Å²) in [5.74, 6) is 0.705. The largest absolute Gasteiger partial charge is 0.493 e. The molecule has 0 saturated carbocycles. The van der Waals surface area contributed by atoms with Crippen LogP contribution in [0.25, 0.3) is 6.08 Å². The molecule has 1 aromatic heterocycles. The Morgan fingerprint density at radius 1 is 1.23 bits per heavy atom. The van der Waals surface area contributed by atoms with E-state index in [0.717, 1.165) is 10.4 Å². The lowest BCUT2D eigenvalue weighted by molar-refractivity contribution is -0.117. The molecule has 1 atom stereocenters. The first-order chi connectivity index (χ1) is 15.1. The monoisotopic (exact) mass is 452 g/mol. The Balaban J connectivity index is 1.50. The zero-order valence-corrected chi connectivity index (χ0v) is 18.6. The first kappa shape index (κ1) is 21.1. The van der Waals surface area contributed by atoms with Crippen LogP contribution in [-0.2, 0) is 16.1 Å². The molecule has 2 aliphatic rings. The van der Waals surface area contributed by atoms with E-state index < -0.39 is 0 Å². The molecule has 0 bridgehead atoms. The molecule has 1 N–H and O–H groups in total. The van der Waals surface area contributed by atoms with Crippen molar-refractivity contribution < 1.29 is 19.1 Å². The van der Waals surface area contributed by atoms with Crippen LogP contribution < -0.4 is 14.8 Å². The van der Waals surface area contributed by atoms with Crippen LogP contribution in [0.1, 0.15) is 10.4 Å². The SMILES string of the molecule is COc1ccc(/C=C2/SC3C=CC(C(=O)NCc4cccs4)=CC3=NC2=O)cc1OC. The molecular weight excluding hydrogens is 432 g/mol. The van der Waals surface area contributed by atoms with Crippen LogP contribution in [0, 0.1) is 0 Å². The van der Waals surface area contributed by atoms with Crippen molar-refractivity contribution in [1.29, 1.82) is 0 Å². The molecule has 2 aromatic rings. The van der Waals surface area contributed by atoms with Gasteiger partial charge in [-0.05, 0) is 41.3 Å². The van der Waals surface area contributed by atoms with Gasteiger partial charge in [0.1, 0.15) is 0 Å². The summed E-state index contributed by atoms with van der Waals surface area (Å²) in [5.41, 5.74) is 1.90. The number of rotatable bonds is 6. The third-order valence-corrected chi connectivity index (χ3v) is 6.79. The summed E-state index contributed by atoms with van der Waals surface area (Å²) < 4.78 is 10.6. The van der Waals surface area contributed by atoms with Crippen molar-refractivity contribution >= 4 is 46.7 Å². The van der Waals surface area contributed by atoms with Crippen molar-refractivity contribution in [1.82, 2.24) is 5.32 Å². The topological polar surface area (TPSA) is 77.0 Å². The average molecular weight is 453 g/mol. The minimum Gasteiger partial charge on any atom is -0.493 e. The highest BCUT2D eigenvalue weighted by molar-refractivity contribution is 8.05. The van der Waals surface area contributed by atoms with Crippen LogP contribution in [0.3, 0.4) is 0 Å². The van der Waals surface area contributed by atoms with Gasteiger partial charge in [0.25, 0.3) is 11.8 Å². The molecule has 8 heteroatoms. The molecule has 1 aliphatic carbocycles. The summed E-state index contributed by atoms with van der Waals surface area (Å²) in [4.78, 5) is 30.9. The fraction of sp³-hybridized carbons (Fsp3) is 0.174. The second-order valence-corrected chi connectivity index (χ2v) is 8.94. The first-order valence-corrected chi connectivity index (χ1v) is 11.3. The van der Waals surface area contributed by atoms with Crippen molar-refractivity contribution in [3.05, 3.63) is 74.9 Å². The second-order valence-electron chi connectivity index (χ2n) is 6.72. The molecule has 1 aromatic carbocycles. The number of aliphatic imine (C=N–C) groups is 1. The predicted molar refractivity (Wildman–Crippen MR) is 125 cm³/mol. The van der Waals surface area contributed by atoms with E-state index in [1.54, 1.807) is 49.9 Å². The molecule has 0 spiro atoms. The number of carbonyl (C=O) groups excluding carboxylic acids is 2. The number of fused-ring (bicyclic) bond motifs is 1. The van der Waals surface area contributed by atoms with E-state index in [-0.39, 0.29) is 17.1 Å². The van der Waals surface area contributed by atoms with Crippen molar-refractivity contribution in [2.75, 3.05) is 14.2 Å². The number of ether oxygens (including phenoxy) is 2. The number of nitrogens with one attached hydrogen (secondary N) is 1. The Morgan fingerprint density at radius 3 is 2.81 bits per heavy atom. The first-order valence-electron chi connectivity index (χ1n) is 9.51. The number of thioether (sulfide) groups is 1. The molecular formula is C23H20N2O4S2. The van der Waals surface area contributed by atoms with Gasteiger partial charge in [0.05, 0.1) is 36.6 Å². The number of allylic oxidation sites excluding steroid dienone is 1. The molecule has 0 radical (unpaired) electrons. The lowest BCUT2D eigenvalue weighted by Gasteiger charge is -2.22. The minimum atomic E-state index is -0.323. The van der Waals surface area contributed by atoms with Gasteiger partial charge < -0.3 is 14.8 Å². The predicted octanol–water partition coefficient (Wildman–Crippen LogP) is 4.00. The Kier molecular flexibility index (Phi) is 6.39. The number of carbonyl (C=O) groups is 2. The highest BCUT2D eigenvalue weighted by Crippen LogP contribution is 2.35. The van der Waals surface area contributed by atoms with E-state index in [1.165, 1.54) is 11.8 Å². The lowest BCUT2D eigenvalue weighted by Crippen LogP contribution is -2.29. The van der Waals surface area contributed by atoms with Gasteiger partial charge in [-0.2, -0.15) is 0 Å². The fourth-order valence-corrected chi connectivity index (χ4v) is 4.82. The Morgan fingerprint density at radius 2 is 2.06 bits per heavy atom. The zero-order chi connectivity index (χ0) is 21.8. The summed E-state index contributed by atoms with van der Waals surface area (Å²) >= 11 is 3.00. The maximum absolute atomic E-state index is 12.6. The average Bonchev–Trinajstić information content (AvgIpc) is 3.31. The van der Waals surface area contributed by atoms with Crippen molar-refractivity contribution in [3.63, 3.8) is 0 Å². The van der Waals surface area contributed by atoms with E-state index in [1.807, 2.05) is 35.7 Å². The smallest absolute Gasteiger partial charge is 0.283 e. The fourth-order valence-electron chi connectivity index (χ4n) is 3.15. The third-order valence-electron chi connectivity index (χ3n) is 4.71. The number of thiophene rings is 1. The van der Waals surface area contributed by atoms with Gasteiger partial charge in [-0.3, -0.25) is 9.59 Å². The molecule has 158 valence electrons. The molecule has 0 saturated heterocycles. The van der Waals surface area contributed by atoms with E-state index >= 15 is 0 Å². The van der Waals surface area contributed by atoms with Crippen molar-refractivity contribution in [2.24, 2.45) is 4.99 Å². The lowest BCUT2D eigenvalue weighted by atomic mass is 10.0. The Bertz CT molecular complexity index is 1130. The van der Waals surface area contributed by atoms with Crippen molar-refractivity contribution in [2.45, 2.75) is 11.8 Å². The molecule has 1 unspecified atom stereocenters. The van der Waals surface area contributed by atoms with E-state index in [9.17, 15) is 9.59 Å². The normalized spacial score (nSPS) is 18.8. The maximum atomic E-state index is 12.6. The summed E-state index contributed by atoms with van der Waals surface area (Å²) in [6.45, 7) is 0.476. The number of amides is 2. The summed E-state index contributed by atoms with van der Waals surface area (Å²) in [5, 5.41) is 4.75. The molecule has 31 heavy (non-hydrogen) atoms. The molecule has 4 rings (SSSR count). The van der Waals surface area contributed by atoms with E-state index in [4.69, 9.17) is 9.47 Å². The van der Waals surface area contributed by atoms with Crippen LogP contribution in [-0.4, -0.2) is 37.0 Å². The van der Waals surface area contributed by atoms with E-state index in [2.05, 4.69) is 10.3 Å². The maximum Gasteiger partial charge on any atom is 0.283 e. The molecule has 1 aliphatic heterocycles. The molecule has 2 heterocycles. The third kappa shape index (κ3) is 4.81. The quantitative estimate of drug-likeness (QED) is 0.671. The molecule has 6 nitrogen and oxygen atoms in total. The summed E-state index contributed by atoms with van der Waals surface area (Å²) in [7, 11) is 3.14. The number of hydrogen-bond donors (Lipinski definition) is 1.